The number of nitrogens with one attached hydrogen (secondary N) is 2. The molecule has 0 aromatic heterocycles. The standard InChI is InChI=1S/C21H26F2N4O/c1-24-21(25-12-15-6-3-4-7-16(15)14-28-2)26-17-10-11-27(13-17)20-18(22)8-5-9-19(20)23/h3-9,17H,10-14H2,1-2H3,(H2,24,25,26). The zero-order chi connectivity index (χ0) is 19.9. The van der Waals surface area contributed by atoms with Crippen LogP contribution in [-0.4, -0.2) is 39.2 Å². The predicted molar refractivity (Wildman–Crippen MR) is 107 cm³/mol. The van der Waals surface area contributed by atoms with Crippen molar-refractivity contribution in [3.05, 3.63) is 65.2 Å². The lowest BCUT2D eigenvalue weighted by molar-refractivity contribution is 0.184. The molecule has 0 bridgehead atoms. The predicted octanol–water partition coefficient (Wildman–Crippen LogP) is 3.06. The van der Waals surface area contributed by atoms with Gasteiger partial charge in [0.1, 0.15) is 17.3 Å². The van der Waals surface area contributed by atoms with Gasteiger partial charge in [-0.1, -0.05) is 30.3 Å². The zero-order valence-corrected chi connectivity index (χ0v) is 16.2. The second-order valence-electron chi connectivity index (χ2n) is 6.77. The van der Waals surface area contributed by atoms with Crippen molar-refractivity contribution >= 4 is 11.6 Å². The fourth-order valence-corrected chi connectivity index (χ4v) is 3.47. The Morgan fingerprint density at radius 1 is 1.14 bits per heavy atom. The molecule has 3 rings (SSSR count). The Kier molecular flexibility index (Phi) is 6.81. The first kappa shape index (κ1) is 20.1. The third-order valence-corrected chi connectivity index (χ3v) is 4.87. The highest BCUT2D eigenvalue weighted by Gasteiger charge is 2.27. The molecule has 1 atom stereocenters. The molecule has 0 aliphatic carbocycles. The Morgan fingerprint density at radius 2 is 1.86 bits per heavy atom. The summed E-state index contributed by atoms with van der Waals surface area (Å²) in [5.74, 6) is -0.399. The van der Waals surface area contributed by atoms with Gasteiger partial charge in [-0.05, 0) is 29.7 Å². The Morgan fingerprint density at radius 3 is 2.54 bits per heavy atom. The summed E-state index contributed by atoms with van der Waals surface area (Å²) in [6, 6.07) is 12.1. The van der Waals surface area contributed by atoms with Crippen molar-refractivity contribution in [2.45, 2.75) is 25.6 Å². The van der Waals surface area contributed by atoms with Gasteiger partial charge >= 0.3 is 0 Å². The lowest BCUT2D eigenvalue weighted by atomic mass is 10.1. The Hall–Kier alpha value is -2.67. The topological polar surface area (TPSA) is 48.9 Å². The molecule has 150 valence electrons. The van der Waals surface area contributed by atoms with Crippen molar-refractivity contribution in [2.24, 2.45) is 4.99 Å². The number of halogens is 2. The van der Waals surface area contributed by atoms with Crippen molar-refractivity contribution in [2.75, 3.05) is 32.1 Å². The van der Waals surface area contributed by atoms with Gasteiger partial charge in [-0.15, -0.1) is 0 Å². The van der Waals surface area contributed by atoms with Crippen molar-refractivity contribution in [3.8, 4) is 0 Å². The Labute approximate surface area is 164 Å². The van der Waals surface area contributed by atoms with E-state index in [0.29, 0.717) is 32.2 Å². The van der Waals surface area contributed by atoms with E-state index < -0.39 is 11.6 Å². The van der Waals surface area contributed by atoms with Crippen LogP contribution in [0.15, 0.2) is 47.5 Å². The SMILES string of the molecule is CN=C(NCc1ccccc1COC)NC1CCN(c2c(F)cccc2F)C1. The minimum absolute atomic E-state index is 0.0447. The molecule has 2 aromatic carbocycles. The molecule has 28 heavy (non-hydrogen) atoms. The van der Waals surface area contributed by atoms with Gasteiger partial charge in [0.25, 0.3) is 0 Å². The fraction of sp³-hybridized carbons (Fsp3) is 0.381. The molecule has 2 aromatic rings. The molecule has 1 unspecified atom stereocenters. The molecule has 1 aliphatic rings. The number of hydrogen-bond donors (Lipinski definition) is 2. The highest BCUT2D eigenvalue weighted by Crippen LogP contribution is 2.26. The zero-order valence-electron chi connectivity index (χ0n) is 16.2. The molecule has 2 N–H and O–H groups in total. The third kappa shape index (κ3) is 4.78. The normalized spacial score (nSPS) is 17.1. The molecule has 1 heterocycles. The molecule has 1 fully saturated rings. The summed E-state index contributed by atoms with van der Waals surface area (Å²) in [5, 5.41) is 6.65. The second kappa shape index (κ2) is 9.50. The van der Waals surface area contributed by atoms with Crippen LogP contribution in [0.5, 0.6) is 0 Å². The average Bonchev–Trinajstić information content (AvgIpc) is 3.14. The van der Waals surface area contributed by atoms with Gasteiger partial charge in [0.05, 0.1) is 6.61 Å². The van der Waals surface area contributed by atoms with E-state index in [1.807, 2.05) is 24.3 Å². The maximum absolute atomic E-state index is 14.0. The first-order valence-corrected chi connectivity index (χ1v) is 9.34. The van der Waals surface area contributed by atoms with E-state index in [0.717, 1.165) is 17.5 Å². The van der Waals surface area contributed by atoms with E-state index >= 15 is 0 Å². The van der Waals surface area contributed by atoms with E-state index in [-0.39, 0.29) is 11.7 Å². The van der Waals surface area contributed by atoms with Crippen LogP contribution < -0.4 is 15.5 Å². The van der Waals surface area contributed by atoms with E-state index in [4.69, 9.17) is 4.74 Å². The molecule has 5 nitrogen and oxygen atoms in total. The number of anilines is 1. The second-order valence-corrected chi connectivity index (χ2v) is 6.77. The quantitative estimate of drug-likeness (QED) is 0.590. The van der Waals surface area contributed by atoms with Crippen LogP contribution in [0.4, 0.5) is 14.5 Å². The lowest BCUT2D eigenvalue weighted by Crippen LogP contribution is -2.44. The van der Waals surface area contributed by atoms with Gasteiger partial charge in [0.15, 0.2) is 5.96 Å². The first-order chi connectivity index (χ1) is 13.6. The summed E-state index contributed by atoms with van der Waals surface area (Å²) in [4.78, 5) is 6.01. The number of para-hydroxylation sites is 1. The maximum Gasteiger partial charge on any atom is 0.191 e. The molecular weight excluding hydrogens is 362 g/mol. The summed E-state index contributed by atoms with van der Waals surface area (Å²) in [6.45, 7) is 2.26. The summed E-state index contributed by atoms with van der Waals surface area (Å²) < 4.78 is 33.3. The smallest absolute Gasteiger partial charge is 0.191 e. The van der Waals surface area contributed by atoms with Gasteiger partial charge in [-0.25, -0.2) is 8.78 Å². The van der Waals surface area contributed by atoms with Crippen molar-refractivity contribution in [1.82, 2.24) is 10.6 Å². The van der Waals surface area contributed by atoms with E-state index in [9.17, 15) is 8.78 Å². The third-order valence-electron chi connectivity index (χ3n) is 4.87. The summed E-state index contributed by atoms with van der Waals surface area (Å²) >= 11 is 0. The molecule has 0 spiro atoms. The molecule has 7 heteroatoms. The molecule has 0 amide bonds. The number of methoxy groups -OCH3 is 1. The number of aliphatic imine (C=N–C) groups is 1. The first-order valence-electron chi connectivity index (χ1n) is 9.34. The largest absolute Gasteiger partial charge is 0.380 e. The summed E-state index contributed by atoms with van der Waals surface area (Å²) in [5.41, 5.74) is 2.30. The fourth-order valence-electron chi connectivity index (χ4n) is 3.47. The highest BCUT2D eigenvalue weighted by atomic mass is 19.1. The van der Waals surface area contributed by atoms with Gasteiger partial charge in [0, 0.05) is 39.8 Å². The van der Waals surface area contributed by atoms with Crippen molar-refractivity contribution in [1.29, 1.82) is 0 Å². The van der Waals surface area contributed by atoms with E-state index in [1.165, 1.54) is 18.2 Å². The van der Waals surface area contributed by atoms with Crippen LogP contribution in [0.3, 0.4) is 0 Å². The van der Waals surface area contributed by atoms with Crippen LogP contribution in [0.25, 0.3) is 0 Å². The minimum atomic E-state index is -0.530. The van der Waals surface area contributed by atoms with Crippen LogP contribution in [-0.2, 0) is 17.9 Å². The van der Waals surface area contributed by atoms with E-state index in [1.54, 1.807) is 19.1 Å². The van der Waals surface area contributed by atoms with E-state index in [2.05, 4.69) is 15.6 Å². The maximum atomic E-state index is 14.0. The molecular formula is C21H26F2N4O. The number of nitrogens with zero attached hydrogens (tertiary/aromatic N) is 2. The van der Waals surface area contributed by atoms with Crippen LogP contribution in [0.2, 0.25) is 0 Å². The average molecular weight is 388 g/mol. The lowest BCUT2D eigenvalue weighted by Gasteiger charge is -2.21. The number of ether oxygens (including phenoxy) is 1. The minimum Gasteiger partial charge on any atom is -0.380 e. The van der Waals surface area contributed by atoms with Gasteiger partial charge in [0.2, 0.25) is 0 Å². The van der Waals surface area contributed by atoms with Gasteiger partial charge < -0.3 is 20.3 Å². The van der Waals surface area contributed by atoms with Crippen LogP contribution >= 0.6 is 0 Å². The number of guanidine groups is 1. The number of rotatable bonds is 6. The molecule has 1 saturated heterocycles. The number of hydrogen-bond acceptors (Lipinski definition) is 3. The van der Waals surface area contributed by atoms with Gasteiger partial charge in [-0.3, -0.25) is 4.99 Å². The Bertz CT molecular complexity index is 808. The molecule has 0 saturated carbocycles. The van der Waals surface area contributed by atoms with Crippen LogP contribution in [0.1, 0.15) is 17.5 Å². The molecule has 0 radical (unpaired) electrons. The highest BCUT2D eigenvalue weighted by molar-refractivity contribution is 5.80. The molecule has 1 aliphatic heterocycles. The number of benzene rings is 2. The van der Waals surface area contributed by atoms with Crippen molar-refractivity contribution in [3.63, 3.8) is 0 Å². The van der Waals surface area contributed by atoms with Gasteiger partial charge in [-0.2, -0.15) is 0 Å². The monoisotopic (exact) mass is 388 g/mol. The van der Waals surface area contributed by atoms with Crippen LogP contribution in [0, 0.1) is 11.6 Å². The van der Waals surface area contributed by atoms with Crippen molar-refractivity contribution < 1.29 is 13.5 Å². The summed E-state index contributed by atoms with van der Waals surface area (Å²) in [7, 11) is 3.38. The summed E-state index contributed by atoms with van der Waals surface area (Å²) in [6.07, 6.45) is 0.773. The Balaban J connectivity index is 1.58.